The molecule has 0 amide bonds. The summed E-state index contributed by atoms with van der Waals surface area (Å²) < 4.78 is 11.5. The van der Waals surface area contributed by atoms with E-state index in [-0.39, 0.29) is 0 Å². The van der Waals surface area contributed by atoms with Gasteiger partial charge in [-0.25, -0.2) is 9.97 Å². The van der Waals surface area contributed by atoms with Crippen molar-refractivity contribution < 1.29 is 4.42 Å². The summed E-state index contributed by atoms with van der Waals surface area (Å²) in [6, 6.07) is 73.1. The predicted octanol–water partition coefficient (Wildman–Crippen LogP) is 14.7. The Morgan fingerprint density at radius 2 is 0.967 bits per heavy atom. The minimum absolute atomic E-state index is 0.589. The lowest BCUT2D eigenvalue weighted by Gasteiger charge is -2.13. The van der Waals surface area contributed by atoms with Crippen molar-refractivity contribution in [3.05, 3.63) is 206 Å². The van der Waals surface area contributed by atoms with Gasteiger partial charge in [0.1, 0.15) is 11.1 Å². The normalized spacial score (nSPS) is 11.9. The topological polar surface area (TPSA) is 48.8 Å². The Balaban J connectivity index is 1.12. The third-order valence-corrected chi connectivity index (χ3v) is 12.3. The highest BCUT2D eigenvalue weighted by molar-refractivity contribution is 6.26. The maximum absolute atomic E-state index is 6.91. The van der Waals surface area contributed by atoms with Crippen LogP contribution in [0.3, 0.4) is 0 Å². The van der Waals surface area contributed by atoms with Gasteiger partial charge < -0.3 is 8.98 Å². The molecule has 61 heavy (non-hydrogen) atoms. The summed E-state index contributed by atoms with van der Waals surface area (Å²) in [5.41, 5.74) is 14.4. The Morgan fingerprint density at radius 3 is 1.77 bits per heavy atom. The summed E-state index contributed by atoms with van der Waals surface area (Å²) >= 11 is 0. The number of hydrogen-bond donors (Lipinski definition) is 0. The van der Waals surface area contributed by atoms with E-state index >= 15 is 0 Å². The molecule has 284 valence electrons. The summed E-state index contributed by atoms with van der Waals surface area (Å²) in [6.07, 6.45) is 0. The first-order valence-electron chi connectivity index (χ1n) is 20.7. The van der Waals surface area contributed by atoms with Gasteiger partial charge in [-0.15, -0.1) is 0 Å². The van der Waals surface area contributed by atoms with Crippen molar-refractivity contribution in [1.82, 2.24) is 19.1 Å². The van der Waals surface area contributed by atoms with Gasteiger partial charge in [-0.2, -0.15) is 0 Å². The van der Waals surface area contributed by atoms with Crippen molar-refractivity contribution in [3.63, 3.8) is 0 Å². The van der Waals surface area contributed by atoms with E-state index in [0.717, 1.165) is 93.8 Å². The van der Waals surface area contributed by atoms with E-state index < -0.39 is 0 Å². The number of aromatic nitrogens is 4. The van der Waals surface area contributed by atoms with Crippen LogP contribution in [-0.4, -0.2) is 19.1 Å². The summed E-state index contributed by atoms with van der Waals surface area (Å²) in [5.74, 6) is 0.589. The van der Waals surface area contributed by atoms with Crippen molar-refractivity contribution in [3.8, 4) is 45.1 Å². The second kappa shape index (κ2) is 13.1. The van der Waals surface area contributed by atoms with E-state index in [0.29, 0.717) is 5.95 Å². The zero-order valence-electron chi connectivity index (χ0n) is 32.8. The van der Waals surface area contributed by atoms with Crippen LogP contribution >= 0.6 is 0 Å². The molecule has 0 aliphatic heterocycles. The predicted molar refractivity (Wildman–Crippen MR) is 252 cm³/mol. The fourth-order valence-corrected chi connectivity index (χ4v) is 9.59. The number of benzene rings is 9. The van der Waals surface area contributed by atoms with Crippen molar-refractivity contribution in [2.75, 3.05) is 0 Å². The van der Waals surface area contributed by atoms with Crippen LogP contribution in [0.25, 0.3) is 122 Å². The molecular formula is C56H34N4O. The molecule has 0 bridgehead atoms. The Morgan fingerprint density at radius 1 is 0.377 bits per heavy atom. The molecule has 0 atom stereocenters. The molecule has 0 fully saturated rings. The minimum Gasteiger partial charge on any atom is -0.454 e. The largest absolute Gasteiger partial charge is 0.454 e. The van der Waals surface area contributed by atoms with Gasteiger partial charge in [-0.05, 0) is 70.8 Å². The number of furan rings is 1. The summed E-state index contributed by atoms with van der Waals surface area (Å²) in [7, 11) is 0. The van der Waals surface area contributed by atoms with Gasteiger partial charge >= 0.3 is 0 Å². The number of fused-ring (bicyclic) bond motifs is 11. The molecule has 13 aromatic rings. The van der Waals surface area contributed by atoms with E-state index in [1.54, 1.807) is 0 Å². The van der Waals surface area contributed by atoms with E-state index in [1.165, 1.54) is 21.9 Å². The van der Waals surface area contributed by atoms with Crippen molar-refractivity contribution in [1.29, 1.82) is 0 Å². The zero-order chi connectivity index (χ0) is 40.0. The number of rotatable bonds is 5. The first-order valence-corrected chi connectivity index (χ1v) is 20.7. The van der Waals surface area contributed by atoms with Crippen LogP contribution in [0.4, 0.5) is 0 Å². The van der Waals surface area contributed by atoms with Crippen LogP contribution < -0.4 is 0 Å². The highest BCUT2D eigenvalue weighted by Crippen LogP contribution is 2.46. The van der Waals surface area contributed by atoms with Crippen LogP contribution in [0.5, 0.6) is 0 Å². The molecule has 0 unspecified atom stereocenters. The minimum atomic E-state index is 0.589. The molecule has 4 aromatic heterocycles. The van der Waals surface area contributed by atoms with Gasteiger partial charge in [0.2, 0.25) is 5.95 Å². The fourth-order valence-electron chi connectivity index (χ4n) is 9.59. The lowest BCUT2D eigenvalue weighted by atomic mass is 9.96. The number of nitrogens with zero attached hydrogens (tertiary/aromatic N) is 4. The van der Waals surface area contributed by atoms with Crippen molar-refractivity contribution in [2.45, 2.75) is 0 Å². The summed E-state index contributed by atoms with van der Waals surface area (Å²) in [4.78, 5) is 10.8. The first-order chi connectivity index (χ1) is 30.3. The molecule has 5 nitrogen and oxygen atoms in total. The number of hydrogen-bond acceptors (Lipinski definition) is 3. The molecule has 0 saturated heterocycles. The van der Waals surface area contributed by atoms with Gasteiger partial charge in [-0.1, -0.05) is 158 Å². The third-order valence-electron chi connectivity index (χ3n) is 12.3. The summed E-state index contributed by atoms with van der Waals surface area (Å²) in [5, 5.41) is 7.74. The van der Waals surface area contributed by atoms with Gasteiger partial charge in [0.15, 0.2) is 5.58 Å². The monoisotopic (exact) mass is 778 g/mol. The fraction of sp³-hybridized carbons (Fsp3) is 0. The molecule has 0 spiro atoms. The SMILES string of the molecule is c1ccc(-c2ccc(-c3nc(-n4c5ccccc5c5c(-c6ccc7c8ccccc8n(-c8ccccc8)c7c6)cc6c7ccccc7oc6c54)nc4ccccc34)cc2)cc1. The average molecular weight is 779 g/mol. The lowest BCUT2D eigenvalue weighted by molar-refractivity contribution is 0.671. The smallest absolute Gasteiger partial charge is 0.235 e. The molecule has 0 saturated carbocycles. The maximum Gasteiger partial charge on any atom is 0.235 e. The van der Waals surface area contributed by atoms with Crippen molar-refractivity contribution in [2.24, 2.45) is 0 Å². The van der Waals surface area contributed by atoms with Gasteiger partial charge in [0, 0.05) is 49.0 Å². The Kier molecular flexibility index (Phi) is 7.24. The molecule has 0 radical (unpaired) electrons. The molecule has 4 heterocycles. The lowest BCUT2D eigenvalue weighted by Crippen LogP contribution is -2.03. The van der Waals surface area contributed by atoms with Crippen molar-refractivity contribution >= 4 is 76.5 Å². The molecular weight excluding hydrogens is 745 g/mol. The van der Waals surface area contributed by atoms with E-state index in [4.69, 9.17) is 14.4 Å². The molecule has 9 aromatic carbocycles. The Labute approximate surface area is 350 Å². The Hall–Kier alpha value is -8.28. The zero-order valence-corrected chi connectivity index (χ0v) is 32.8. The van der Waals surface area contributed by atoms with Crippen LogP contribution in [0.1, 0.15) is 0 Å². The second-order valence-electron chi connectivity index (χ2n) is 15.7. The van der Waals surface area contributed by atoms with E-state index in [1.807, 2.05) is 18.2 Å². The molecule has 0 aliphatic rings. The third kappa shape index (κ3) is 5.08. The Bertz CT molecular complexity index is 3860. The van der Waals surface area contributed by atoms with Gasteiger partial charge in [-0.3, -0.25) is 4.57 Å². The number of para-hydroxylation sites is 5. The van der Waals surface area contributed by atoms with Crippen LogP contribution in [0, 0.1) is 0 Å². The molecule has 13 rings (SSSR count). The quantitative estimate of drug-likeness (QED) is 0.175. The van der Waals surface area contributed by atoms with E-state index in [2.05, 4.69) is 197 Å². The summed E-state index contributed by atoms with van der Waals surface area (Å²) in [6.45, 7) is 0. The van der Waals surface area contributed by atoms with Crippen LogP contribution in [0.15, 0.2) is 211 Å². The van der Waals surface area contributed by atoms with Gasteiger partial charge in [0.25, 0.3) is 0 Å². The molecule has 0 aliphatic carbocycles. The average Bonchev–Trinajstić information content (AvgIpc) is 3.99. The standard InChI is InChI=1S/C56H34N4O/c1-3-15-35(16-4-1)36-27-29-37(30-28-36)53-43-21-7-11-23-47(43)57-56(58-53)60-49-25-13-9-22-44(49)52-45(34-46-42-20-10-14-26-51(42)61-55(46)54(52)60)38-31-32-41-40-19-8-12-24-48(40)59(50(41)33-38)39-17-5-2-6-18-39/h1-34H. The van der Waals surface area contributed by atoms with Crippen LogP contribution in [-0.2, 0) is 0 Å². The second-order valence-corrected chi connectivity index (χ2v) is 15.7. The maximum atomic E-state index is 6.91. The van der Waals surface area contributed by atoms with E-state index in [9.17, 15) is 0 Å². The molecule has 5 heteroatoms. The molecule has 0 N–H and O–H groups in total. The highest BCUT2D eigenvalue weighted by atomic mass is 16.3. The van der Waals surface area contributed by atoms with Gasteiger partial charge in [0.05, 0.1) is 27.8 Å². The highest BCUT2D eigenvalue weighted by Gasteiger charge is 2.25. The van der Waals surface area contributed by atoms with Crippen LogP contribution in [0.2, 0.25) is 0 Å². The first kappa shape index (κ1) is 33.7.